The topological polar surface area (TPSA) is 63.9 Å². The molecule has 1 aromatic carbocycles. The molecular weight excluding hydrogens is 326 g/mol. The average Bonchev–Trinajstić information content (AvgIpc) is 3.05. The Morgan fingerprint density at radius 3 is 2.96 bits per heavy atom. The minimum atomic E-state index is -0.0132. The van der Waals surface area contributed by atoms with Gasteiger partial charge in [0.1, 0.15) is 6.54 Å². The van der Waals surface area contributed by atoms with Gasteiger partial charge in [0.2, 0.25) is 11.7 Å². The summed E-state index contributed by atoms with van der Waals surface area (Å²) < 4.78 is 0. The third kappa shape index (κ3) is 3.82. The van der Waals surface area contributed by atoms with E-state index >= 15 is 0 Å². The summed E-state index contributed by atoms with van der Waals surface area (Å²) in [6.45, 7) is 2.72. The van der Waals surface area contributed by atoms with E-state index in [-0.39, 0.29) is 12.5 Å². The van der Waals surface area contributed by atoms with E-state index in [0.717, 1.165) is 30.5 Å². The van der Waals surface area contributed by atoms with Crippen LogP contribution in [0.1, 0.15) is 32.6 Å². The van der Waals surface area contributed by atoms with E-state index in [2.05, 4.69) is 21.5 Å². The predicted octanol–water partition coefficient (Wildman–Crippen LogP) is 3.30. The second-order valence-electron chi connectivity index (χ2n) is 5.73. The predicted molar refractivity (Wildman–Crippen MR) is 92.2 cm³/mol. The van der Waals surface area contributed by atoms with Gasteiger partial charge in [-0.15, -0.1) is 10.2 Å². The molecule has 3 rings (SSSR count). The van der Waals surface area contributed by atoms with Crippen LogP contribution < -0.4 is 0 Å². The van der Waals surface area contributed by atoms with Crippen molar-refractivity contribution in [3.8, 4) is 11.4 Å². The molecular formula is C17H20ClN5O. The van der Waals surface area contributed by atoms with Crippen LogP contribution in [0.5, 0.6) is 0 Å². The Morgan fingerprint density at radius 1 is 1.38 bits per heavy atom. The maximum atomic E-state index is 12.6. The zero-order valence-corrected chi connectivity index (χ0v) is 14.4. The monoisotopic (exact) mass is 345 g/mol. The molecule has 0 spiro atoms. The van der Waals surface area contributed by atoms with Gasteiger partial charge in [-0.25, -0.2) is 0 Å². The fourth-order valence-electron chi connectivity index (χ4n) is 2.87. The molecule has 6 nitrogen and oxygen atoms in total. The quantitative estimate of drug-likeness (QED) is 0.834. The number of carbonyl (C=O) groups excluding carboxylic acids is 1. The van der Waals surface area contributed by atoms with E-state index in [1.807, 2.05) is 24.0 Å². The number of halogens is 1. The third-order valence-corrected chi connectivity index (χ3v) is 4.28. The number of nitrogens with zero attached hydrogens (tertiary/aromatic N) is 5. The van der Waals surface area contributed by atoms with Gasteiger partial charge < -0.3 is 4.90 Å². The zero-order chi connectivity index (χ0) is 16.9. The molecule has 0 N–H and O–H groups in total. The van der Waals surface area contributed by atoms with Crippen molar-refractivity contribution in [2.75, 3.05) is 6.54 Å². The van der Waals surface area contributed by atoms with Crippen molar-refractivity contribution in [3.63, 3.8) is 0 Å². The van der Waals surface area contributed by atoms with Gasteiger partial charge in [0.05, 0.1) is 0 Å². The van der Waals surface area contributed by atoms with Crippen LogP contribution in [0.15, 0.2) is 36.0 Å². The van der Waals surface area contributed by atoms with Crippen LogP contribution in [0, 0.1) is 0 Å². The number of benzene rings is 1. The first-order chi connectivity index (χ1) is 11.7. The van der Waals surface area contributed by atoms with Crippen molar-refractivity contribution in [1.82, 2.24) is 25.1 Å². The summed E-state index contributed by atoms with van der Waals surface area (Å²) in [5, 5.41) is 12.9. The first kappa shape index (κ1) is 16.6. The Hall–Kier alpha value is -2.21. The van der Waals surface area contributed by atoms with Crippen LogP contribution in [-0.2, 0) is 11.3 Å². The molecule has 0 saturated carbocycles. The van der Waals surface area contributed by atoms with E-state index in [1.54, 1.807) is 12.1 Å². The molecule has 0 unspecified atom stereocenters. The minimum Gasteiger partial charge on any atom is -0.315 e. The molecule has 1 aromatic heterocycles. The molecule has 0 fully saturated rings. The highest BCUT2D eigenvalue weighted by Crippen LogP contribution is 2.21. The van der Waals surface area contributed by atoms with Gasteiger partial charge in [0, 0.05) is 22.8 Å². The number of aromatic nitrogens is 4. The molecule has 126 valence electrons. The lowest BCUT2D eigenvalue weighted by atomic mass is 10.0. The number of carbonyl (C=O) groups is 1. The summed E-state index contributed by atoms with van der Waals surface area (Å²) in [6.07, 6.45) is 6.49. The second kappa shape index (κ2) is 7.57. The number of likely N-dealkylation sites (N-methyl/N-ethyl adjacent to an activating group) is 1. The van der Waals surface area contributed by atoms with Crippen LogP contribution >= 0.6 is 11.6 Å². The second-order valence-corrected chi connectivity index (χ2v) is 6.17. The lowest BCUT2D eigenvalue weighted by Crippen LogP contribution is -2.34. The third-order valence-electron chi connectivity index (χ3n) is 4.04. The van der Waals surface area contributed by atoms with Crippen LogP contribution in [-0.4, -0.2) is 37.6 Å². The lowest BCUT2D eigenvalue weighted by Gasteiger charge is -2.26. The van der Waals surface area contributed by atoms with Gasteiger partial charge in [-0.2, -0.15) is 4.80 Å². The Balaban J connectivity index is 1.71. The normalized spacial score (nSPS) is 14.3. The molecule has 2 aromatic rings. The Morgan fingerprint density at radius 2 is 2.25 bits per heavy atom. The highest BCUT2D eigenvalue weighted by molar-refractivity contribution is 6.30. The summed E-state index contributed by atoms with van der Waals surface area (Å²) in [4.78, 5) is 15.7. The van der Waals surface area contributed by atoms with Gasteiger partial charge in [0.15, 0.2) is 0 Å². The van der Waals surface area contributed by atoms with Gasteiger partial charge in [-0.05, 0) is 50.0 Å². The van der Waals surface area contributed by atoms with Crippen LogP contribution in [0.25, 0.3) is 11.4 Å². The summed E-state index contributed by atoms with van der Waals surface area (Å²) in [5.74, 6) is 0.450. The van der Waals surface area contributed by atoms with Crippen LogP contribution in [0.2, 0.25) is 5.02 Å². The first-order valence-corrected chi connectivity index (χ1v) is 8.58. The molecule has 0 atom stereocenters. The van der Waals surface area contributed by atoms with Crippen molar-refractivity contribution in [2.24, 2.45) is 0 Å². The number of rotatable bonds is 5. The van der Waals surface area contributed by atoms with Crippen molar-refractivity contribution in [2.45, 2.75) is 39.2 Å². The van der Waals surface area contributed by atoms with Crippen molar-refractivity contribution in [3.05, 3.63) is 41.1 Å². The molecule has 0 saturated heterocycles. The van der Waals surface area contributed by atoms with Crippen molar-refractivity contribution in [1.29, 1.82) is 0 Å². The fourth-order valence-corrected chi connectivity index (χ4v) is 3.06. The molecule has 1 aliphatic rings. The molecule has 1 heterocycles. The molecule has 1 aliphatic carbocycles. The number of allylic oxidation sites excluding steroid dienone is 2. The van der Waals surface area contributed by atoms with E-state index < -0.39 is 0 Å². The zero-order valence-electron chi connectivity index (χ0n) is 13.7. The van der Waals surface area contributed by atoms with E-state index in [0.29, 0.717) is 17.4 Å². The maximum absolute atomic E-state index is 12.6. The molecule has 0 bridgehead atoms. The van der Waals surface area contributed by atoms with E-state index in [9.17, 15) is 4.79 Å². The lowest BCUT2D eigenvalue weighted by molar-refractivity contribution is -0.130. The fraction of sp³-hybridized carbons (Fsp3) is 0.412. The number of amides is 1. The Kier molecular flexibility index (Phi) is 5.25. The van der Waals surface area contributed by atoms with Gasteiger partial charge >= 0.3 is 0 Å². The summed E-state index contributed by atoms with van der Waals surface area (Å²) in [5.41, 5.74) is 1.90. The van der Waals surface area contributed by atoms with Crippen molar-refractivity contribution < 1.29 is 4.79 Å². The highest BCUT2D eigenvalue weighted by Gasteiger charge is 2.19. The average molecular weight is 346 g/mol. The SMILES string of the molecule is CCN(C(=O)Cn1nnc(-c2cccc(Cl)c2)n1)C1=CCCCC1. The molecule has 1 amide bonds. The molecule has 7 heteroatoms. The number of hydrogen-bond donors (Lipinski definition) is 0. The number of tetrazole rings is 1. The van der Waals surface area contributed by atoms with Gasteiger partial charge in [0.25, 0.3) is 0 Å². The standard InChI is InChI=1S/C17H20ClN5O/c1-2-22(15-9-4-3-5-10-15)16(24)12-23-20-17(19-21-23)13-7-6-8-14(18)11-13/h6-9,11H,2-5,10,12H2,1H3. The summed E-state index contributed by atoms with van der Waals surface area (Å²) in [6, 6.07) is 7.25. The largest absolute Gasteiger partial charge is 0.315 e. The van der Waals surface area contributed by atoms with Crippen molar-refractivity contribution >= 4 is 17.5 Å². The van der Waals surface area contributed by atoms with Crippen LogP contribution in [0.3, 0.4) is 0 Å². The van der Waals surface area contributed by atoms with Gasteiger partial charge in [-0.1, -0.05) is 29.8 Å². The molecule has 24 heavy (non-hydrogen) atoms. The van der Waals surface area contributed by atoms with Gasteiger partial charge in [-0.3, -0.25) is 4.79 Å². The maximum Gasteiger partial charge on any atom is 0.250 e. The first-order valence-electron chi connectivity index (χ1n) is 8.20. The summed E-state index contributed by atoms with van der Waals surface area (Å²) in [7, 11) is 0. The number of hydrogen-bond acceptors (Lipinski definition) is 4. The van der Waals surface area contributed by atoms with E-state index in [4.69, 9.17) is 11.6 Å². The summed E-state index contributed by atoms with van der Waals surface area (Å²) >= 11 is 5.98. The highest BCUT2D eigenvalue weighted by atomic mass is 35.5. The smallest absolute Gasteiger partial charge is 0.250 e. The Bertz CT molecular complexity index is 755. The Labute approximate surface area is 146 Å². The molecule has 0 radical (unpaired) electrons. The van der Waals surface area contributed by atoms with Crippen LogP contribution in [0.4, 0.5) is 0 Å². The van der Waals surface area contributed by atoms with E-state index in [1.165, 1.54) is 11.2 Å². The minimum absolute atomic E-state index is 0.0132. The molecule has 0 aliphatic heterocycles.